The molecule has 0 radical (unpaired) electrons. The van der Waals surface area contributed by atoms with Gasteiger partial charge in [0, 0.05) is 17.3 Å². The van der Waals surface area contributed by atoms with Crippen LogP contribution in [0.3, 0.4) is 0 Å². The van der Waals surface area contributed by atoms with E-state index in [0.717, 1.165) is 11.6 Å². The molecule has 0 fully saturated rings. The van der Waals surface area contributed by atoms with Gasteiger partial charge in [0.05, 0.1) is 5.69 Å². The number of rotatable bonds is 2. The van der Waals surface area contributed by atoms with Crippen LogP contribution in [0.25, 0.3) is 22.4 Å². The molecule has 3 rings (SSSR count). The van der Waals surface area contributed by atoms with Gasteiger partial charge < -0.3 is 0 Å². The Bertz CT molecular complexity index is 785. The average molecular weight is 285 g/mol. The maximum Gasteiger partial charge on any atom is 0.195 e. The largest absolute Gasteiger partial charge is 0.255 e. The lowest BCUT2D eigenvalue weighted by molar-refractivity contribution is 0.449. The van der Waals surface area contributed by atoms with Gasteiger partial charge in [0.25, 0.3) is 0 Å². The highest BCUT2D eigenvalue weighted by Gasteiger charge is 2.18. The normalized spacial score (nSPS) is 10.6. The Morgan fingerprint density at radius 2 is 1.43 bits per heavy atom. The van der Waals surface area contributed by atoms with Gasteiger partial charge in [0.15, 0.2) is 17.5 Å². The number of hydrogen-bond acceptors (Lipinski definition) is 1. The quantitative estimate of drug-likeness (QED) is 0.614. The van der Waals surface area contributed by atoms with Crippen molar-refractivity contribution in [2.45, 2.75) is 0 Å². The van der Waals surface area contributed by atoms with Gasteiger partial charge >= 0.3 is 0 Å². The van der Waals surface area contributed by atoms with Crippen molar-refractivity contribution in [3.63, 3.8) is 0 Å². The third-order valence-electron chi connectivity index (χ3n) is 3.18. The van der Waals surface area contributed by atoms with Gasteiger partial charge in [-0.15, -0.1) is 0 Å². The van der Waals surface area contributed by atoms with Crippen molar-refractivity contribution in [3.8, 4) is 22.4 Å². The van der Waals surface area contributed by atoms with Gasteiger partial charge in [-0.05, 0) is 23.8 Å². The van der Waals surface area contributed by atoms with Gasteiger partial charge in [-0.1, -0.05) is 36.4 Å². The summed E-state index contributed by atoms with van der Waals surface area (Å²) in [6.07, 6.45) is 1.49. The molecule has 0 spiro atoms. The molecule has 104 valence electrons. The van der Waals surface area contributed by atoms with Gasteiger partial charge in [-0.25, -0.2) is 13.2 Å². The monoisotopic (exact) mass is 285 g/mol. The van der Waals surface area contributed by atoms with E-state index < -0.39 is 17.5 Å². The number of pyridine rings is 1. The smallest absolute Gasteiger partial charge is 0.195 e. The summed E-state index contributed by atoms with van der Waals surface area (Å²) in [5.41, 5.74) is 1.70. The van der Waals surface area contributed by atoms with Crippen molar-refractivity contribution in [1.82, 2.24) is 4.98 Å². The molecule has 0 saturated heterocycles. The van der Waals surface area contributed by atoms with Crippen LogP contribution in [0.1, 0.15) is 0 Å². The van der Waals surface area contributed by atoms with Crippen molar-refractivity contribution in [2.24, 2.45) is 0 Å². The SMILES string of the molecule is Fc1ccc(-c2ncccc2-c2ccccc2)c(F)c1F. The van der Waals surface area contributed by atoms with Crippen molar-refractivity contribution in [2.75, 3.05) is 0 Å². The fourth-order valence-corrected chi connectivity index (χ4v) is 2.18. The predicted octanol–water partition coefficient (Wildman–Crippen LogP) is 4.83. The summed E-state index contributed by atoms with van der Waals surface area (Å²) in [5.74, 6) is -3.93. The van der Waals surface area contributed by atoms with Crippen molar-refractivity contribution in [1.29, 1.82) is 0 Å². The summed E-state index contributed by atoms with van der Waals surface area (Å²) >= 11 is 0. The Morgan fingerprint density at radius 3 is 2.19 bits per heavy atom. The minimum Gasteiger partial charge on any atom is -0.255 e. The standard InChI is InChI=1S/C17H10F3N/c18-14-9-8-13(15(19)16(14)20)17-12(7-4-10-21-17)11-5-2-1-3-6-11/h1-10H. The second-order valence-electron chi connectivity index (χ2n) is 4.49. The van der Waals surface area contributed by atoms with Crippen LogP contribution in [0.2, 0.25) is 0 Å². The molecule has 3 aromatic rings. The Morgan fingerprint density at radius 1 is 0.667 bits per heavy atom. The first-order chi connectivity index (χ1) is 10.2. The van der Waals surface area contributed by atoms with Crippen molar-refractivity contribution < 1.29 is 13.2 Å². The zero-order chi connectivity index (χ0) is 14.8. The van der Waals surface area contributed by atoms with Crippen LogP contribution in [-0.2, 0) is 0 Å². The predicted molar refractivity (Wildman–Crippen MR) is 75.0 cm³/mol. The summed E-state index contributed by atoms with van der Waals surface area (Å²) in [4.78, 5) is 4.13. The minimum absolute atomic E-state index is 0.0617. The lowest BCUT2D eigenvalue weighted by Gasteiger charge is -2.10. The van der Waals surface area contributed by atoms with Crippen LogP contribution in [0.5, 0.6) is 0 Å². The number of benzene rings is 2. The summed E-state index contributed by atoms with van der Waals surface area (Å²) in [5, 5.41) is 0. The van der Waals surface area contributed by atoms with Gasteiger partial charge in [0.1, 0.15) is 0 Å². The van der Waals surface area contributed by atoms with Crippen LogP contribution in [0.15, 0.2) is 60.8 Å². The van der Waals surface area contributed by atoms with E-state index in [1.165, 1.54) is 12.3 Å². The summed E-state index contributed by atoms with van der Waals surface area (Å²) in [6.45, 7) is 0. The maximum atomic E-state index is 14.0. The number of aromatic nitrogens is 1. The van der Waals surface area contributed by atoms with Crippen molar-refractivity contribution >= 4 is 0 Å². The fraction of sp³-hybridized carbons (Fsp3) is 0. The first-order valence-corrected chi connectivity index (χ1v) is 6.33. The highest BCUT2D eigenvalue weighted by molar-refractivity contribution is 5.80. The summed E-state index contributed by atoms with van der Waals surface area (Å²) < 4.78 is 40.5. The topological polar surface area (TPSA) is 12.9 Å². The second kappa shape index (κ2) is 5.40. The van der Waals surface area contributed by atoms with Gasteiger partial charge in [-0.2, -0.15) is 0 Å². The van der Waals surface area contributed by atoms with Crippen LogP contribution in [0.4, 0.5) is 13.2 Å². The molecule has 0 aliphatic carbocycles. The molecule has 0 aliphatic heterocycles. The van der Waals surface area contributed by atoms with Crippen LogP contribution >= 0.6 is 0 Å². The third kappa shape index (κ3) is 2.40. The van der Waals surface area contributed by atoms with Crippen LogP contribution in [-0.4, -0.2) is 4.98 Å². The maximum absolute atomic E-state index is 14.0. The highest BCUT2D eigenvalue weighted by Crippen LogP contribution is 2.32. The highest BCUT2D eigenvalue weighted by atomic mass is 19.2. The molecule has 0 unspecified atom stereocenters. The molecule has 2 aromatic carbocycles. The third-order valence-corrected chi connectivity index (χ3v) is 3.18. The molecule has 0 aliphatic rings. The molecule has 0 N–H and O–H groups in total. The van der Waals surface area contributed by atoms with E-state index >= 15 is 0 Å². The van der Waals surface area contributed by atoms with E-state index in [-0.39, 0.29) is 11.3 Å². The molecule has 0 bridgehead atoms. The van der Waals surface area contributed by atoms with E-state index in [2.05, 4.69) is 4.98 Å². The molecule has 0 atom stereocenters. The number of halogens is 3. The molecular formula is C17H10F3N. The van der Waals surface area contributed by atoms with E-state index in [0.29, 0.717) is 5.56 Å². The van der Waals surface area contributed by atoms with E-state index in [1.54, 1.807) is 12.1 Å². The molecular weight excluding hydrogens is 275 g/mol. The van der Waals surface area contributed by atoms with E-state index in [9.17, 15) is 13.2 Å². The molecule has 0 saturated carbocycles. The van der Waals surface area contributed by atoms with E-state index in [4.69, 9.17) is 0 Å². The number of nitrogens with zero attached hydrogens (tertiary/aromatic N) is 1. The summed E-state index contributed by atoms with van der Waals surface area (Å²) in [7, 11) is 0. The first-order valence-electron chi connectivity index (χ1n) is 6.33. The van der Waals surface area contributed by atoms with E-state index in [1.807, 2.05) is 30.3 Å². The molecule has 1 nitrogen and oxygen atoms in total. The molecule has 0 amide bonds. The van der Waals surface area contributed by atoms with Gasteiger partial charge in [-0.3, -0.25) is 4.98 Å². The number of hydrogen-bond donors (Lipinski definition) is 0. The van der Waals surface area contributed by atoms with Crippen LogP contribution < -0.4 is 0 Å². The average Bonchev–Trinajstić information content (AvgIpc) is 2.54. The minimum atomic E-state index is -1.49. The Hall–Kier alpha value is -2.62. The second-order valence-corrected chi connectivity index (χ2v) is 4.49. The van der Waals surface area contributed by atoms with Crippen LogP contribution in [0, 0.1) is 17.5 Å². The van der Waals surface area contributed by atoms with Gasteiger partial charge in [0.2, 0.25) is 0 Å². The lowest BCUT2D eigenvalue weighted by Crippen LogP contribution is -1.97. The molecule has 1 aromatic heterocycles. The Kier molecular flexibility index (Phi) is 3.44. The zero-order valence-electron chi connectivity index (χ0n) is 10.9. The summed E-state index contributed by atoms with van der Waals surface area (Å²) in [6, 6.07) is 14.8. The zero-order valence-corrected chi connectivity index (χ0v) is 10.9. The van der Waals surface area contributed by atoms with Crippen molar-refractivity contribution in [3.05, 3.63) is 78.2 Å². The lowest BCUT2D eigenvalue weighted by atomic mass is 9.99. The Balaban J connectivity index is 2.23. The Labute approximate surface area is 119 Å². The first kappa shape index (κ1) is 13.4. The molecule has 21 heavy (non-hydrogen) atoms. The fourth-order valence-electron chi connectivity index (χ4n) is 2.18. The molecule has 4 heteroatoms. The molecule has 1 heterocycles.